The maximum atomic E-state index is 12.6. The Morgan fingerprint density at radius 3 is 2.48 bits per heavy atom. The fourth-order valence-electron chi connectivity index (χ4n) is 2.80. The summed E-state index contributed by atoms with van der Waals surface area (Å²) in [6.45, 7) is 2.46. The molecule has 0 radical (unpaired) electrons. The van der Waals surface area contributed by atoms with E-state index >= 15 is 0 Å². The van der Waals surface area contributed by atoms with E-state index in [0.29, 0.717) is 18.8 Å². The number of ether oxygens (including phenoxy) is 1. The van der Waals surface area contributed by atoms with Gasteiger partial charge in [0.1, 0.15) is 11.8 Å². The van der Waals surface area contributed by atoms with Gasteiger partial charge in [-0.15, -0.1) is 0 Å². The van der Waals surface area contributed by atoms with E-state index in [1.165, 1.54) is 4.90 Å². The molecule has 0 aromatic heterocycles. The monoisotopic (exact) mass is 369 g/mol. The summed E-state index contributed by atoms with van der Waals surface area (Å²) in [6, 6.07) is 6.55. The number of rotatable bonds is 6. The van der Waals surface area contributed by atoms with Gasteiger partial charge < -0.3 is 14.5 Å². The van der Waals surface area contributed by atoms with Crippen molar-refractivity contribution in [2.45, 2.75) is 25.8 Å². The van der Waals surface area contributed by atoms with Gasteiger partial charge in [-0.3, -0.25) is 9.59 Å². The molecule has 1 aromatic carbocycles. The minimum absolute atomic E-state index is 0.0522. The van der Waals surface area contributed by atoms with E-state index < -0.39 is 16.1 Å². The highest BCUT2D eigenvalue weighted by Crippen LogP contribution is 2.23. The van der Waals surface area contributed by atoms with Crippen LogP contribution in [0.25, 0.3) is 0 Å². The fourth-order valence-corrected chi connectivity index (χ4v) is 3.34. The lowest BCUT2D eigenvalue weighted by atomic mass is 10.1. The number of anilines is 1. The minimum atomic E-state index is -3.58. The summed E-state index contributed by atoms with van der Waals surface area (Å²) in [4.78, 5) is 28.0. The number of carbonyl (C=O) groups is 2. The number of sulfonamides is 1. The van der Waals surface area contributed by atoms with Crippen molar-refractivity contribution in [1.29, 1.82) is 0 Å². The van der Waals surface area contributed by atoms with Gasteiger partial charge in [-0.25, -0.2) is 13.6 Å². The first-order chi connectivity index (χ1) is 11.7. The molecule has 0 aliphatic carbocycles. The lowest BCUT2D eigenvalue weighted by Gasteiger charge is -2.39. The summed E-state index contributed by atoms with van der Waals surface area (Å²) in [7, 11) is -2.01. The van der Waals surface area contributed by atoms with Crippen LogP contribution >= 0.6 is 0 Å². The highest BCUT2D eigenvalue weighted by molar-refractivity contribution is 7.89. The zero-order valence-corrected chi connectivity index (χ0v) is 15.2. The molecule has 0 bridgehead atoms. The number of carbonyl (C=O) groups excluding carboxylic acids is 2. The number of benzene rings is 1. The van der Waals surface area contributed by atoms with Gasteiger partial charge >= 0.3 is 0 Å². The van der Waals surface area contributed by atoms with Gasteiger partial charge in [0.05, 0.1) is 12.9 Å². The molecule has 25 heavy (non-hydrogen) atoms. The number of hydrogen-bond donors (Lipinski definition) is 1. The Bertz CT molecular complexity index is 733. The lowest BCUT2D eigenvalue weighted by Crippen LogP contribution is -2.57. The number of primary sulfonamides is 1. The third-order valence-electron chi connectivity index (χ3n) is 4.18. The molecular weight excluding hydrogens is 346 g/mol. The second kappa shape index (κ2) is 7.83. The van der Waals surface area contributed by atoms with Gasteiger partial charge in [0.15, 0.2) is 0 Å². The zero-order valence-electron chi connectivity index (χ0n) is 14.3. The zero-order chi connectivity index (χ0) is 18.6. The second-order valence-corrected chi connectivity index (χ2v) is 7.66. The highest BCUT2D eigenvalue weighted by atomic mass is 32.2. The number of piperazine rings is 1. The van der Waals surface area contributed by atoms with Crippen LogP contribution in [-0.4, -0.2) is 57.1 Å². The first-order valence-electron chi connectivity index (χ1n) is 7.98. The van der Waals surface area contributed by atoms with E-state index in [1.807, 2.05) is 0 Å². The molecule has 1 unspecified atom stereocenters. The van der Waals surface area contributed by atoms with Crippen molar-refractivity contribution in [2.24, 2.45) is 5.14 Å². The lowest BCUT2D eigenvalue weighted by molar-refractivity contribution is -0.140. The fraction of sp³-hybridized carbons (Fsp3) is 0.500. The predicted molar refractivity (Wildman–Crippen MR) is 93.7 cm³/mol. The number of nitrogens with zero attached hydrogens (tertiary/aromatic N) is 2. The Hall–Kier alpha value is -2.13. The summed E-state index contributed by atoms with van der Waals surface area (Å²) in [5, 5.41) is 4.93. The van der Waals surface area contributed by atoms with Crippen molar-refractivity contribution in [3.63, 3.8) is 0 Å². The van der Waals surface area contributed by atoms with Crippen LogP contribution in [0, 0.1) is 0 Å². The molecule has 0 saturated carbocycles. The van der Waals surface area contributed by atoms with Gasteiger partial charge in [0.25, 0.3) is 0 Å². The van der Waals surface area contributed by atoms with Crippen LogP contribution in [0.3, 0.4) is 0 Å². The predicted octanol–water partition coefficient (Wildman–Crippen LogP) is 0.328. The molecule has 1 aliphatic heterocycles. The third-order valence-corrected chi connectivity index (χ3v) is 5.04. The van der Waals surface area contributed by atoms with Gasteiger partial charge in [0, 0.05) is 25.2 Å². The second-order valence-electron chi connectivity index (χ2n) is 5.92. The SMILES string of the molecule is COc1ccc(N2CCN(C(=O)CCCS(N)(=O)=O)C(C)C2=O)cc1. The highest BCUT2D eigenvalue weighted by Gasteiger charge is 2.34. The van der Waals surface area contributed by atoms with Crippen molar-refractivity contribution >= 4 is 27.5 Å². The summed E-state index contributed by atoms with van der Waals surface area (Å²) < 4.78 is 27.0. The van der Waals surface area contributed by atoms with E-state index in [0.717, 1.165) is 5.69 Å². The Kier molecular flexibility index (Phi) is 6.02. The summed E-state index contributed by atoms with van der Waals surface area (Å²) in [5.74, 6) is 0.0513. The topological polar surface area (TPSA) is 110 Å². The molecule has 1 aliphatic rings. The maximum Gasteiger partial charge on any atom is 0.249 e. The van der Waals surface area contributed by atoms with Crippen LogP contribution in [0.5, 0.6) is 5.75 Å². The van der Waals surface area contributed by atoms with Crippen LogP contribution in [0.15, 0.2) is 24.3 Å². The molecule has 8 nitrogen and oxygen atoms in total. The number of nitrogens with two attached hydrogens (primary N) is 1. The first kappa shape index (κ1) is 19.2. The van der Waals surface area contributed by atoms with Crippen molar-refractivity contribution < 1.29 is 22.7 Å². The number of methoxy groups -OCH3 is 1. The number of hydrogen-bond acceptors (Lipinski definition) is 5. The van der Waals surface area contributed by atoms with Gasteiger partial charge in [0.2, 0.25) is 21.8 Å². The van der Waals surface area contributed by atoms with E-state index in [9.17, 15) is 18.0 Å². The van der Waals surface area contributed by atoms with E-state index in [-0.39, 0.29) is 30.4 Å². The summed E-state index contributed by atoms with van der Waals surface area (Å²) >= 11 is 0. The molecule has 1 saturated heterocycles. The smallest absolute Gasteiger partial charge is 0.249 e. The summed E-state index contributed by atoms with van der Waals surface area (Å²) in [5.41, 5.74) is 0.749. The van der Waals surface area contributed by atoms with Crippen LogP contribution < -0.4 is 14.8 Å². The van der Waals surface area contributed by atoms with Crippen LogP contribution in [0.1, 0.15) is 19.8 Å². The van der Waals surface area contributed by atoms with Crippen LogP contribution in [-0.2, 0) is 19.6 Å². The molecule has 2 N–H and O–H groups in total. The molecule has 2 rings (SSSR count). The molecule has 2 amide bonds. The average Bonchev–Trinajstić information content (AvgIpc) is 2.56. The molecule has 1 heterocycles. The molecule has 1 aromatic rings. The Morgan fingerprint density at radius 2 is 1.92 bits per heavy atom. The van der Waals surface area contributed by atoms with Crippen LogP contribution in [0.4, 0.5) is 5.69 Å². The molecule has 9 heteroatoms. The maximum absolute atomic E-state index is 12.6. The van der Waals surface area contributed by atoms with E-state index in [1.54, 1.807) is 43.2 Å². The van der Waals surface area contributed by atoms with Crippen molar-refractivity contribution in [2.75, 3.05) is 30.9 Å². The normalized spacial score (nSPS) is 18.4. The largest absolute Gasteiger partial charge is 0.497 e. The molecule has 0 spiro atoms. The van der Waals surface area contributed by atoms with Crippen LogP contribution in [0.2, 0.25) is 0 Å². The van der Waals surface area contributed by atoms with Gasteiger partial charge in [-0.2, -0.15) is 0 Å². The Morgan fingerprint density at radius 1 is 1.28 bits per heavy atom. The summed E-state index contributed by atoms with van der Waals surface area (Å²) in [6.07, 6.45) is 0.202. The Balaban J connectivity index is 1.99. The van der Waals surface area contributed by atoms with E-state index in [4.69, 9.17) is 9.88 Å². The molecular formula is C16H23N3O5S. The Labute approximate surface area is 147 Å². The van der Waals surface area contributed by atoms with Gasteiger partial charge in [-0.05, 0) is 37.6 Å². The van der Waals surface area contributed by atoms with Crippen molar-refractivity contribution in [1.82, 2.24) is 4.90 Å². The standard InChI is InChI=1S/C16H23N3O5S/c1-12-16(21)19(13-5-7-14(24-2)8-6-13)10-9-18(12)15(20)4-3-11-25(17,22)23/h5-8,12H,3-4,9-11H2,1-2H3,(H2,17,22,23). The minimum Gasteiger partial charge on any atom is -0.497 e. The molecule has 1 atom stereocenters. The third kappa shape index (κ3) is 4.93. The van der Waals surface area contributed by atoms with Crippen molar-refractivity contribution in [3.8, 4) is 5.75 Å². The quantitative estimate of drug-likeness (QED) is 0.777. The molecule has 138 valence electrons. The van der Waals surface area contributed by atoms with E-state index in [2.05, 4.69) is 0 Å². The first-order valence-corrected chi connectivity index (χ1v) is 9.70. The molecule has 1 fully saturated rings. The van der Waals surface area contributed by atoms with Gasteiger partial charge in [-0.1, -0.05) is 0 Å². The average molecular weight is 369 g/mol. The number of amides is 2. The van der Waals surface area contributed by atoms with Crippen molar-refractivity contribution in [3.05, 3.63) is 24.3 Å².